The Morgan fingerprint density at radius 1 is 1.47 bits per heavy atom. The summed E-state index contributed by atoms with van der Waals surface area (Å²) in [6.45, 7) is 1.81. The molecule has 0 aromatic heterocycles. The standard InChI is InChI=1S/C12H14BrFN2O3/c1-2-4-9(11(17)18)15-12(19)16-10-7(13)5-3-6-8(10)14/h3,5-6,9H,2,4H2,1H3,(H,17,18)(H2,15,16,19). The van der Waals surface area contributed by atoms with Crippen LogP contribution in [-0.2, 0) is 4.79 Å². The van der Waals surface area contributed by atoms with Crippen LogP contribution in [0.4, 0.5) is 14.9 Å². The average molecular weight is 333 g/mol. The van der Waals surface area contributed by atoms with Crippen molar-refractivity contribution in [2.75, 3.05) is 5.32 Å². The molecule has 2 amide bonds. The SMILES string of the molecule is CCCC(NC(=O)Nc1c(F)cccc1Br)C(=O)O. The van der Waals surface area contributed by atoms with Crippen molar-refractivity contribution in [2.24, 2.45) is 0 Å². The summed E-state index contributed by atoms with van der Waals surface area (Å²) in [7, 11) is 0. The number of urea groups is 1. The van der Waals surface area contributed by atoms with Crippen molar-refractivity contribution in [3.8, 4) is 0 Å². The number of carboxylic acid groups (broad SMARTS) is 1. The van der Waals surface area contributed by atoms with Crippen molar-refractivity contribution in [3.05, 3.63) is 28.5 Å². The molecule has 3 N–H and O–H groups in total. The summed E-state index contributed by atoms with van der Waals surface area (Å²) in [4.78, 5) is 22.5. The number of carbonyl (C=O) groups is 2. The van der Waals surface area contributed by atoms with E-state index in [1.807, 2.05) is 6.92 Å². The lowest BCUT2D eigenvalue weighted by atomic mass is 10.2. The lowest BCUT2D eigenvalue weighted by Crippen LogP contribution is -2.43. The number of amides is 2. The Bertz CT molecular complexity index is 462. The minimum absolute atomic E-state index is 0.0272. The summed E-state index contributed by atoms with van der Waals surface area (Å²) in [5.74, 6) is -1.73. The molecule has 19 heavy (non-hydrogen) atoms. The maximum atomic E-state index is 13.5. The van der Waals surface area contributed by atoms with Gasteiger partial charge in [0.05, 0.1) is 5.69 Å². The van der Waals surface area contributed by atoms with Crippen LogP contribution >= 0.6 is 15.9 Å². The number of nitrogens with one attached hydrogen (secondary N) is 2. The number of anilines is 1. The Labute approximate surface area is 118 Å². The lowest BCUT2D eigenvalue weighted by Gasteiger charge is -2.15. The second kappa shape index (κ2) is 7.08. The third-order valence-electron chi connectivity index (χ3n) is 2.38. The third kappa shape index (κ3) is 4.51. The topological polar surface area (TPSA) is 78.4 Å². The summed E-state index contributed by atoms with van der Waals surface area (Å²) < 4.78 is 13.8. The summed E-state index contributed by atoms with van der Waals surface area (Å²) >= 11 is 3.10. The predicted molar refractivity (Wildman–Crippen MR) is 72.6 cm³/mol. The molecule has 104 valence electrons. The zero-order chi connectivity index (χ0) is 14.4. The van der Waals surface area contributed by atoms with Crippen molar-refractivity contribution < 1.29 is 19.1 Å². The van der Waals surface area contributed by atoms with Crippen molar-refractivity contribution in [1.82, 2.24) is 5.32 Å². The van der Waals surface area contributed by atoms with Crippen LogP contribution in [0.5, 0.6) is 0 Å². The van der Waals surface area contributed by atoms with Gasteiger partial charge in [-0.05, 0) is 34.5 Å². The first kappa shape index (κ1) is 15.4. The van der Waals surface area contributed by atoms with Gasteiger partial charge in [-0.3, -0.25) is 0 Å². The van der Waals surface area contributed by atoms with Gasteiger partial charge in [0.25, 0.3) is 0 Å². The molecule has 7 heteroatoms. The molecule has 0 aliphatic rings. The van der Waals surface area contributed by atoms with Crippen LogP contribution in [0.25, 0.3) is 0 Å². The smallest absolute Gasteiger partial charge is 0.326 e. The molecule has 1 unspecified atom stereocenters. The fourth-order valence-electron chi connectivity index (χ4n) is 1.47. The molecule has 0 heterocycles. The van der Waals surface area contributed by atoms with E-state index >= 15 is 0 Å². The van der Waals surface area contributed by atoms with E-state index in [-0.39, 0.29) is 5.69 Å². The number of carboxylic acids is 1. The van der Waals surface area contributed by atoms with Gasteiger partial charge in [-0.2, -0.15) is 0 Å². The highest BCUT2D eigenvalue weighted by atomic mass is 79.9. The van der Waals surface area contributed by atoms with Gasteiger partial charge >= 0.3 is 12.0 Å². The minimum Gasteiger partial charge on any atom is -0.480 e. The van der Waals surface area contributed by atoms with E-state index in [0.29, 0.717) is 17.3 Å². The fraction of sp³-hybridized carbons (Fsp3) is 0.333. The quantitative estimate of drug-likeness (QED) is 0.775. The van der Waals surface area contributed by atoms with E-state index < -0.39 is 23.9 Å². The first-order valence-electron chi connectivity index (χ1n) is 5.70. The molecule has 1 aromatic carbocycles. The number of hydrogen-bond acceptors (Lipinski definition) is 2. The monoisotopic (exact) mass is 332 g/mol. The molecule has 0 radical (unpaired) electrons. The van der Waals surface area contributed by atoms with E-state index in [1.54, 1.807) is 6.07 Å². The largest absolute Gasteiger partial charge is 0.480 e. The number of hydrogen-bond donors (Lipinski definition) is 3. The van der Waals surface area contributed by atoms with Gasteiger partial charge in [0, 0.05) is 4.47 Å². The zero-order valence-corrected chi connectivity index (χ0v) is 11.8. The Balaban J connectivity index is 2.72. The van der Waals surface area contributed by atoms with Gasteiger partial charge in [-0.1, -0.05) is 19.4 Å². The molecule has 0 spiro atoms. The van der Waals surface area contributed by atoms with Crippen molar-refractivity contribution in [2.45, 2.75) is 25.8 Å². The van der Waals surface area contributed by atoms with Gasteiger partial charge in [-0.15, -0.1) is 0 Å². The summed E-state index contributed by atoms with van der Waals surface area (Å²) in [6.07, 6.45) is 0.918. The predicted octanol–water partition coefficient (Wildman–Crippen LogP) is 2.96. The lowest BCUT2D eigenvalue weighted by molar-refractivity contribution is -0.139. The first-order chi connectivity index (χ1) is 8.95. The molecule has 0 bridgehead atoms. The van der Waals surface area contributed by atoms with Crippen LogP contribution in [0.3, 0.4) is 0 Å². The van der Waals surface area contributed by atoms with Crippen molar-refractivity contribution in [3.63, 3.8) is 0 Å². The molecule has 0 aliphatic heterocycles. The average Bonchev–Trinajstić information content (AvgIpc) is 2.33. The Kier molecular flexibility index (Phi) is 5.75. The van der Waals surface area contributed by atoms with Crippen LogP contribution in [-0.4, -0.2) is 23.1 Å². The second-order valence-corrected chi connectivity index (χ2v) is 4.73. The summed E-state index contributed by atoms with van der Waals surface area (Å²) in [6, 6.07) is 2.50. The van der Waals surface area contributed by atoms with E-state index in [9.17, 15) is 14.0 Å². The molecule has 5 nitrogen and oxygen atoms in total. The van der Waals surface area contributed by atoms with Crippen LogP contribution in [0, 0.1) is 5.82 Å². The molecule has 0 saturated carbocycles. The number of rotatable bonds is 5. The number of benzene rings is 1. The zero-order valence-electron chi connectivity index (χ0n) is 10.2. The number of halogens is 2. The second-order valence-electron chi connectivity index (χ2n) is 3.87. The molecular weight excluding hydrogens is 319 g/mol. The van der Waals surface area contributed by atoms with Crippen LogP contribution in [0.2, 0.25) is 0 Å². The minimum atomic E-state index is -1.12. The molecule has 1 atom stereocenters. The fourth-order valence-corrected chi connectivity index (χ4v) is 1.91. The van der Waals surface area contributed by atoms with E-state index in [2.05, 4.69) is 26.6 Å². The van der Waals surface area contributed by atoms with Gasteiger partial charge in [0.2, 0.25) is 0 Å². The highest BCUT2D eigenvalue weighted by molar-refractivity contribution is 9.10. The van der Waals surface area contributed by atoms with Crippen LogP contribution in [0.15, 0.2) is 22.7 Å². The van der Waals surface area contributed by atoms with Crippen LogP contribution < -0.4 is 10.6 Å². The van der Waals surface area contributed by atoms with Gasteiger partial charge in [-0.25, -0.2) is 14.0 Å². The number of para-hydroxylation sites is 1. The Morgan fingerprint density at radius 3 is 2.68 bits per heavy atom. The van der Waals surface area contributed by atoms with E-state index in [0.717, 1.165) is 0 Å². The van der Waals surface area contributed by atoms with Crippen molar-refractivity contribution in [1.29, 1.82) is 0 Å². The Hall–Kier alpha value is -1.63. The molecule has 1 aromatic rings. The maximum absolute atomic E-state index is 13.5. The van der Waals surface area contributed by atoms with Crippen LogP contribution in [0.1, 0.15) is 19.8 Å². The maximum Gasteiger partial charge on any atom is 0.326 e. The number of carbonyl (C=O) groups excluding carboxylic acids is 1. The molecule has 0 saturated heterocycles. The molecule has 1 rings (SSSR count). The Morgan fingerprint density at radius 2 is 2.16 bits per heavy atom. The highest BCUT2D eigenvalue weighted by Crippen LogP contribution is 2.24. The highest BCUT2D eigenvalue weighted by Gasteiger charge is 2.19. The molecule has 0 fully saturated rings. The third-order valence-corrected chi connectivity index (χ3v) is 3.04. The first-order valence-corrected chi connectivity index (χ1v) is 6.49. The molecule has 0 aliphatic carbocycles. The normalized spacial score (nSPS) is 11.7. The van der Waals surface area contributed by atoms with E-state index in [4.69, 9.17) is 5.11 Å². The van der Waals surface area contributed by atoms with Gasteiger partial charge in [0.15, 0.2) is 0 Å². The number of aliphatic carboxylic acids is 1. The van der Waals surface area contributed by atoms with Gasteiger partial charge < -0.3 is 15.7 Å². The van der Waals surface area contributed by atoms with Gasteiger partial charge in [0.1, 0.15) is 11.9 Å². The summed E-state index contributed by atoms with van der Waals surface area (Å²) in [5.41, 5.74) is -0.0272. The molecular formula is C12H14BrFN2O3. The van der Waals surface area contributed by atoms with Crippen molar-refractivity contribution >= 4 is 33.6 Å². The summed E-state index contributed by atoms with van der Waals surface area (Å²) in [5, 5.41) is 13.5. The van der Waals surface area contributed by atoms with E-state index in [1.165, 1.54) is 12.1 Å².